The van der Waals surface area contributed by atoms with E-state index in [9.17, 15) is 14.4 Å². The molecule has 2 saturated heterocycles. The number of aryl methyl sites for hydroxylation is 1. The van der Waals surface area contributed by atoms with Gasteiger partial charge in [-0.25, -0.2) is 14.8 Å². The highest BCUT2D eigenvalue weighted by molar-refractivity contribution is 7.17. The van der Waals surface area contributed by atoms with Crippen molar-refractivity contribution in [1.82, 2.24) is 0 Å². The number of thiophene rings is 1. The second kappa shape index (κ2) is 8.13. The van der Waals surface area contributed by atoms with Gasteiger partial charge >= 0.3 is 5.97 Å². The molecule has 2 aromatic carbocycles. The van der Waals surface area contributed by atoms with Crippen molar-refractivity contribution in [3.63, 3.8) is 0 Å². The molecule has 33 heavy (non-hydrogen) atoms. The number of hydroxylamine groups is 1. The Labute approximate surface area is 195 Å². The minimum Gasteiger partial charge on any atom is -0.465 e. The maximum absolute atomic E-state index is 13.8. The second-order valence-corrected chi connectivity index (χ2v) is 9.24. The molecule has 3 heterocycles. The number of carbonyl (C=O) groups is 3. The molecule has 3 aromatic rings. The molecule has 2 aliphatic heterocycles. The number of carbonyl (C=O) groups excluding carboxylic acids is 3. The molecule has 3 atom stereocenters. The minimum atomic E-state index is -0.990. The van der Waals surface area contributed by atoms with Crippen LogP contribution in [0.2, 0.25) is 0 Å². The number of para-hydroxylation sites is 1. The van der Waals surface area contributed by atoms with Gasteiger partial charge in [0.05, 0.1) is 24.4 Å². The average molecular weight is 463 g/mol. The molecule has 7 nitrogen and oxygen atoms in total. The van der Waals surface area contributed by atoms with Crippen LogP contribution >= 0.6 is 11.3 Å². The first-order valence-electron chi connectivity index (χ1n) is 10.6. The van der Waals surface area contributed by atoms with Gasteiger partial charge in [-0.15, -0.1) is 11.3 Å². The molecule has 168 valence electrons. The number of rotatable bonds is 4. The highest BCUT2D eigenvalue weighted by Crippen LogP contribution is 2.49. The van der Waals surface area contributed by atoms with Crippen LogP contribution in [-0.2, 0) is 19.2 Å². The standard InChI is InChI=1S/C25H22N2O5S/c1-14-15(2)33-24(18(14)25(30)31-3)26-22(28)19-20(16-10-6-4-7-11-16)27(32-21(19)23(26)29)17-12-8-5-9-13-17/h4-13,19-21H,1-3H3/t19-,20-,21+/m1/s1. The number of nitrogens with zero attached hydrogens (tertiary/aromatic N) is 2. The van der Waals surface area contributed by atoms with Crippen LogP contribution in [0.1, 0.15) is 32.4 Å². The molecule has 8 heteroatoms. The SMILES string of the molecule is COC(=O)c1c(N2C(=O)[C@H]3[C@H](ON(c4ccccc4)[C@@H]3c3ccccc3)C2=O)sc(C)c1C. The second-order valence-electron chi connectivity index (χ2n) is 8.04. The zero-order chi connectivity index (χ0) is 23.3. The molecule has 2 fully saturated rings. The van der Waals surface area contributed by atoms with Gasteiger partial charge in [-0.2, -0.15) is 0 Å². The fraction of sp³-hybridized carbons (Fsp3) is 0.240. The van der Waals surface area contributed by atoms with E-state index in [-0.39, 0.29) is 11.5 Å². The summed E-state index contributed by atoms with van der Waals surface area (Å²) in [6, 6.07) is 18.5. The first kappa shape index (κ1) is 21.4. The molecule has 2 aliphatic rings. The average Bonchev–Trinajstić information content (AvgIpc) is 3.45. The van der Waals surface area contributed by atoms with Crippen LogP contribution in [0.25, 0.3) is 0 Å². The number of hydrogen-bond donors (Lipinski definition) is 0. The Morgan fingerprint density at radius 2 is 1.61 bits per heavy atom. The highest BCUT2D eigenvalue weighted by Gasteiger charge is 2.61. The third-order valence-corrected chi connectivity index (χ3v) is 7.42. The van der Waals surface area contributed by atoms with Gasteiger partial charge in [0.2, 0.25) is 5.91 Å². The van der Waals surface area contributed by atoms with Gasteiger partial charge in [-0.05, 0) is 37.1 Å². The van der Waals surface area contributed by atoms with E-state index in [1.54, 1.807) is 12.0 Å². The molecule has 1 aromatic heterocycles. The zero-order valence-electron chi connectivity index (χ0n) is 18.3. The summed E-state index contributed by atoms with van der Waals surface area (Å²) in [6.45, 7) is 3.63. The van der Waals surface area contributed by atoms with Gasteiger partial charge in [0, 0.05) is 4.88 Å². The number of fused-ring (bicyclic) bond motifs is 1. The van der Waals surface area contributed by atoms with Crippen molar-refractivity contribution >= 4 is 39.8 Å². The van der Waals surface area contributed by atoms with Gasteiger partial charge in [0.15, 0.2) is 6.10 Å². The lowest BCUT2D eigenvalue weighted by Gasteiger charge is -2.28. The normalized spacial score (nSPS) is 22.1. The number of methoxy groups -OCH3 is 1. The van der Waals surface area contributed by atoms with Crippen molar-refractivity contribution in [2.75, 3.05) is 17.1 Å². The monoisotopic (exact) mass is 462 g/mol. The number of amides is 2. The number of hydrogen-bond acceptors (Lipinski definition) is 7. The molecule has 0 spiro atoms. The van der Waals surface area contributed by atoms with E-state index in [1.165, 1.54) is 18.4 Å². The lowest BCUT2D eigenvalue weighted by atomic mass is 9.90. The summed E-state index contributed by atoms with van der Waals surface area (Å²) < 4.78 is 4.94. The van der Waals surface area contributed by atoms with Crippen molar-refractivity contribution in [2.24, 2.45) is 5.92 Å². The Kier molecular flexibility index (Phi) is 5.26. The summed E-state index contributed by atoms with van der Waals surface area (Å²) in [4.78, 5) is 47.9. The largest absolute Gasteiger partial charge is 0.465 e. The molecular weight excluding hydrogens is 440 g/mol. The number of esters is 1. The Morgan fingerprint density at radius 3 is 2.24 bits per heavy atom. The fourth-order valence-electron chi connectivity index (χ4n) is 4.51. The lowest BCUT2D eigenvalue weighted by Crippen LogP contribution is -2.37. The topological polar surface area (TPSA) is 76.2 Å². The summed E-state index contributed by atoms with van der Waals surface area (Å²) in [5.74, 6) is -2.19. The van der Waals surface area contributed by atoms with Crippen LogP contribution in [0.15, 0.2) is 60.7 Å². The van der Waals surface area contributed by atoms with Gasteiger partial charge in [-0.3, -0.25) is 14.4 Å². The van der Waals surface area contributed by atoms with E-state index >= 15 is 0 Å². The lowest BCUT2D eigenvalue weighted by molar-refractivity contribution is -0.126. The quantitative estimate of drug-likeness (QED) is 0.427. The maximum Gasteiger partial charge on any atom is 0.341 e. The Bertz CT molecular complexity index is 1240. The predicted molar refractivity (Wildman–Crippen MR) is 124 cm³/mol. The molecule has 0 saturated carbocycles. The van der Waals surface area contributed by atoms with Crippen molar-refractivity contribution in [3.05, 3.63) is 82.2 Å². The van der Waals surface area contributed by atoms with Crippen molar-refractivity contribution in [2.45, 2.75) is 26.0 Å². The van der Waals surface area contributed by atoms with Crippen LogP contribution in [0, 0.1) is 19.8 Å². The van der Waals surface area contributed by atoms with Gasteiger partial charge in [-0.1, -0.05) is 48.5 Å². The first-order valence-corrected chi connectivity index (χ1v) is 11.4. The van der Waals surface area contributed by atoms with Crippen molar-refractivity contribution in [1.29, 1.82) is 0 Å². The summed E-state index contributed by atoms with van der Waals surface area (Å²) in [6.07, 6.45) is -0.990. The first-order chi connectivity index (χ1) is 15.9. The molecule has 0 N–H and O–H groups in total. The summed E-state index contributed by atoms with van der Waals surface area (Å²) >= 11 is 1.24. The van der Waals surface area contributed by atoms with E-state index in [0.29, 0.717) is 10.6 Å². The Morgan fingerprint density at radius 1 is 0.970 bits per heavy atom. The highest BCUT2D eigenvalue weighted by atomic mass is 32.1. The van der Waals surface area contributed by atoms with Crippen molar-refractivity contribution in [3.8, 4) is 0 Å². The van der Waals surface area contributed by atoms with E-state index in [1.807, 2.05) is 67.6 Å². The van der Waals surface area contributed by atoms with E-state index in [0.717, 1.165) is 21.0 Å². The Balaban J connectivity index is 1.60. The molecule has 0 unspecified atom stereocenters. The number of imide groups is 1. The van der Waals surface area contributed by atoms with Gasteiger partial charge in [0.25, 0.3) is 5.91 Å². The van der Waals surface area contributed by atoms with Gasteiger partial charge < -0.3 is 4.74 Å². The number of ether oxygens (including phenoxy) is 1. The predicted octanol–water partition coefficient (Wildman–Crippen LogP) is 4.20. The number of anilines is 2. The Hall–Kier alpha value is -3.49. The molecule has 0 bridgehead atoms. The van der Waals surface area contributed by atoms with E-state index in [4.69, 9.17) is 9.57 Å². The van der Waals surface area contributed by atoms with Crippen LogP contribution in [0.3, 0.4) is 0 Å². The molecule has 5 rings (SSSR count). The van der Waals surface area contributed by atoms with Crippen LogP contribution in [-0.4, -0.2) is 31.0 Å². The van der Waals surface area contributed by atoms with E-state index in [2.05, 4.69) is 0 Å². The van der Waals surface area contributed by atoms with Gasteiger partial charge in [0.1, 0.15) is 10.9 Å². The smallest absolute Gasteiger partial charge is 0.341 e. The zero-order valence-corrected chi connectivity index (χ0v) is 19.2. The fourth-order valence-corrected chi connectivity index (χ4v) is 5.67. The van der Waals surface area contributed by atoms with Crippen LogP contribution < -0.4 is 9.96 Å². The molecule has 0 radical (unpaired) electrons. The van der Waals surface area contributed by atoms with Crippen LogP contribution in [0.5, 0.6) is 0 Å². The third-order valence-electron chi connectivity index (χ3n) is 6.23. The summed E-state index contributed by atoms with van der Waals surface area (Å²) in [7, 11) is 1.28. The molecule has 2 amide bonds. The van der Waals surface area contributed by atoms with Crippen molar-refractivity contribution < 1.29 is 24.0 Å². The number of benzene rings is 2. The summed E-state index contributed by atoms with van der Waals surface area (Å²) in [5, 5.41) is 1.95. The third kappa shape index (κ3) is 3.25. The maximum atomic E-state index is 13.8. The summed E-state index contributed by atoms with van der Waals surface area (Å²) in [5.41, 5.74) is 2.57. The molecule has 0 aliphatic carbocycles. The van der Waals surface area contributed by atoms with E-state index < -0.39 is 29.9 Å². The van der Waals surface area contributed by atoms with Crippen LogP contribution in [0.4, 0.5) is 10.7 Å². The molecular formula is C25H22N2O5S. The minimum absolute atomic E-state index is 0.248.